The molecular formula is C12H11NO2. The van der Waals surface area contributed by atoms with Gasteiger partial charge in [-0.05, 0) is 11.6 Å². The zero-order chi connectivity index (χ0) is 11.1. The van der Waals surface area contributed by atoms with E-state index in [0.29, 0.717) is 0 Å². The zero-order valence-corrected chi connectivity index (χ0v) is 8.38. The molecule has 0 aliphatic heterocycles. The maximum Gasteiger partial charge on any atom is 0.304 e. The highest BCUT2D eigenvalue weighted by Crippen LogP contribution is 2.03. The maximum atomic E-state index is 10.6. The fourth-order valence-corrected chi connectivity index (χ4v) is 1.05. The molecule has 15 heavy (non-hydrogen) atoms. The van der Waals surface area contributed by atoms with E-state index in [4.69, 9.17) is 10.00 Å². The summed E-state index contributed by atoms with van der Waals surface area (Å²) < 4.78 is 4.73. The fourth-order valence-electron chi connectivity index (χ4n) is 1.05. The molecule has 1 aromatic carbocycles. The summed E-state index contributed by atoms with van der Waals surface area (Å²) in [4.78, 5) is 10.6. The van der Waals surface area contributed by atoms with Crippen molar-refractivity contribution in [2.75, 3.05) is 0 Å². The van der Waals surface area contributed by atoms with Crippen molar-refractivity contribution in [3.05, 3.63) is 42.0 Å². The summed E-state index contributed by atoms with van der Waals surface area (Å²) in [7, 11) is 0. The predicted molar refractivity (Wildman–Crippen MR) is 56.6 cm³/mol. The van der Waals surface area contributed by atoms with Crippen LogP contribution in [0.2, 0.25) is 0 Å². The zero-order valence-electron chi connectivity index (χ0n) is 8.38. The molecular weight excluding hydrogens is 190 g/mol. The van der Waals surface area contributed by atoms with Gasteiger partial charge in [-0.2, -0.15) is 5.26 Å². The Morgan fingerprint density at radius 2 is 2.13 bits per heavy atom. The molecule has 0 aromatic heterocycles. The number of nitriles is 1. The summed E-state index contributed by atoms with van der Waals surface area (Å²) in [6, 6.07) is 11.4. The molecule has 0 heterocycles. The first-order valence-corrected chi connectivity index (χ1v) is 4.52. The fraction of sp³-hybridized carbons (Fsp3) is 0.167. The minimum absolute atomic E-state index is 0.459. The van der Waals surface area contributed by atoms with Gasteiger partial charge in [-0.25, -0.2) is 0 Å². The largest absolute Gasteiger partial charge is 0.443 e. The molecule has 0 aliphatic carbocycles. The standard InChI is InChI=1S/C12H11NO2/c1-10(14)15-12(9-13)8-7-11-5-3-2-4-6-11/h2-8,12H,1H3/b8-7+/t12-/m1/s1. The molecule has 1 rings (SSSR count). The lowest BCUT2D eigenvalue weighted by Crippen LogP contribution is -2.10. The molecule has 0 N–H and O–H groups in total. The molecule has 1 atom stereocenters. The first-order valence-electron chi connectivity index (χ1n) is 4.52. The van der Waals surface area contributed by atoms with Gasteiger partial charge < -0.3 is 4.74 Å². The maximum absolute atomic E-state index is 10.6. The third-order valence-electron chi connectivity index (χ3n) is 1.68. The van der Waals surface area contributed by atoms with Crippen LogP contribution in [0.4, 0.5) is 0 Å². The molecule has 0 spiro atoms. The number of rotatable bonds is 3. The smallest absolute Gasteiger partial charge is 0.304 e. The van der Waals surface area contributed by atoms with Crippen molar-refractivity contribution in [2.24, 2.45) is 0 Å². The van der Waals surface area contributed by atoms with Crippen molar-refractivity contribution in [3.63, 3.8) is 0 Å². The van der Waals surface area contributed by atoms with Crippen LogP contribution < -0.4 is 0 Å². The van der Waals surface area contributed by atoms with Crippen molar-refractivity contribution in [3.8, 4) is 6.07 Å². The molecule has 1 aromatic rings. The summed E-state index contributed by atoms with van der Waals surface area (Å²) in [6.07, 6.45) is 2.48. The minimum atomic E-state index is -0.817. The summed E-state index contributed by atoms with van der Waals surface area (Å²) in [6.45, 7) is 1.28. The molecule has 3 nitrogen and oxygen atoms in total. The van der Waals surface area contributed by atoms with E-state index in [1.165, 1.54) is 6.92 Å². The number of ether oxygens (including phenoxy) is 1. The van der Waals surface area contributed by atoms with Gasteiger partial charge in [0.2, 0.25) is 6.10 Å². The number of hydrogen-bond acceptors (Lipinski definition) is 3. The van der Waals surface area contributed by atoms with Crippen LogP contribution in [0.3, 0.4) is 0 Å². The number of carbonyl (C=O) groups excluding carboxylic acids is 1. The van der Waals surface area contributed by atoms with Gasteiger partial charge in [-0.15, -0.1) is 0 Å². The number of benzene rings is 1. The van der Waals surface area contributed by atoms with Gasteiger partial charge in [0.05, 0.1) is 0 Å². The van der Waals surface area contributed by atoms with E-state index in [-0.39, 0.29) is 0 Å². The molecule has 76 valence electrons. The Labute approximate surface area is 88.6 Å². The van der Waals surface area contributed by atoms with Crippen LogP contribution in [0.25, 0.3) is 6.08 Å². The molecule has 0 aliphatic rings. The number of nitrogens with zero attached hydrogens (tertiary/aromatic N) is 1. The molecule has 0 fully saturated rings. The van der Waals surface area contributed by atoms with Crippen molar-refractivity contribution in [2.45, 2.75) is 13.0 Å². The van der Waals surface area contributed by atoms with E-state index >= 15 is 0 Å². The van der Waals surface area contributed by atoms with E-state index in [2.05, 4.69) is 0 Å². The normalized spacial score (nSPS) is 12.0. The van der Waals surface area contributed by atoms with Crippen LogP contribution in [0.5, 0.6) is 0 Å². The van der Waals surface area contributed by atoms with Crippen LogP contribution in [0.15, 0.2) is 36.4 Å². The van der Waals surface area contributed by atoms with Crippen molar-refractivity contribution < 1.29 is 9.53 Å². The first-order chi connectivity index (χ1) is 7.22. The summed E-state index contributed by atoms with van der Waals surface area (Å²) in [5.41, 5.74) is 0.963. The Morgan fingerprint density at radius 3 is 2.67 bits per heavy atom. The first kappa shape index (κ1) is 11.0. The van der Waals surface area contributed by atoms with Crippen molar-refractivity contribution in [1.29, 1.82) is 5.26 Å². The molecule has 0 unspecified atom stereocenters. The van der Waals surface area contributed by atoms with Gasteiger partial charge in [-0.1, -0.05) is 36.4 Å². The van der Waals surface area contributed by atoms with Crippen LogP contribution in [0.1, 0.15) is 12.5 Å². The van der Waals surface area contributed by atoms with E-state index < -0.39 is 12.1 Å². The Hall–Kier alpha value is -2.08. The van der Waals surface area contributed by atoms with Gasteiger partial charge in [-0.3, -0.25) is 4.79 Å². The van der Waals surface area contributed by atoms with Gasteiger partial charge in [0, 0.05) is 6.92 Å². The van der Waals surface area contributed by atoms with E-state index in [1.54, 1.807) is 12.2 Å². The molecule has 0 radical (unpaired) electrons. The summed E-state index contributed by atoms with van der Waals surface area (Å²) in [5, 5.41) is 8.67. The lowest BCUT2D eigenvalue weighted by atomic mass is 10.2. The van der Waals surface area contributed by atoms with E-state index in [9.17, 15) is 4.79 Å². The van der Waals surface area contributed by atoms with Gasteiger partial charge in [0.1, 0.15) is 6.07 Å². The highest BCUT2D eigenvalue weighted by atomic mass is 16.5. The minimum Gasteiger partial charge on any atom is -0.443 e. The summed E-state index contributed by atoms with van der Waals surface area (Å²) >= 11 is 0. The second-order valence-electron chi connectivity index (χ2n) is 2.93. The number of carbonyl (C=O) groups is 1. The van der Waals surface area contributed by atoms with Crippen LogP contribution >= 0.6 is 0 Å². The molecule has 0 saturated heterocycles. The van der Waals surface area contributed by atoms with Gasteiger partial charge in [0.25, 0.3) is 0 Å². The van der Waals surface area contributed by atoms with Crippen molar-refractivity contribution >= 4 is 12.0 Å². The van der Waals surface area contributed by atoms with Gasteiger partial charge >= 0.3 is 5.97 Å². The van der Waals surface area contributed by atoms with E-state index in [1.807, 2.05) is 36.4 Å². The predicted octanol–water partition coefficient (Wildman–Crippen LogP) is 2.16. The highest BCUT2D eigenvalue weighted by Gasteiger charge is 2.04. The SMILES string of the molecule is CC(=O)O[C@@H](C#N)/C=C/c1ccccc1. The number of esters is 1. The third kappa shape index (κ3) is 4.10. The quantitative estimate of drug-likeness (QED) is 0.704. The number of hydrogen-bond donors (Lipinski definition) is 0. The Balaban J connectivity index is 2.64. The molecule has 0 saturated carbocycles. The lowest BCUT2D eigenvalue weighted by molar-refractivity contribution is -0.142. The average molecular weight is 201 g/mol. The lowest BCUT2D eigenvalue weighted by Gasteiger charge is -2.02. The van der Waals surface area contributed by atoms with E-state index in [0.717, 1.165) is 5.56 Å². The molecule has 0 bridgehead atoms. The van der Waals surface area contributed by atoms with Crippen LogP contribution in [-0.4, -0.2) is 12.1 Å². The second kappa shape index (κ2) is 5.61. The highest BCUT2D eigenvalue weighted by molar-refractivity contribution is 5.67. The van der Waals surface area contributed by atoms with Gasteiger partial charge in [0.15, 0.2) is 0 Å². The Bertz CT molecular complexity index is 390. The van der Waals surface area contributed by atoms with Crippen molar-refractivity contribution in [1.82, 2.24) is 0 Å². The Morgan fingerprint density at radius 1 is 1.47 bits per heavy atom. The average Bonchev–Trinajstić information content (AvgIpc) is 2.25. The van der Waals surface area contributed by atoms with Crippen LogP contribution in [-0.2, 0) is 9.53 Å². The second-order valence-corrected chi connectivity index (χ2v) is 2.93. The molecule has 3 heteroatoms. The monoisotopic (exact) mass is 201 g/mol. The topological polar surface area (TPSA) is 50.1 Å². The van der Waals surface area contributed by atoms with Crippen LogP contribution in [0, 0.1) is 11.3 Å². The molecule has 0 amide bonds. The third-order valence-corrected chi connectivity index (χ3v) is 1.68. The Kier molecular flexibility index (Phi) is 4.11. The summed E-state index contributed by atoms with van der Waals surface area (Å²) in [5.74, 6) is -0.459.